The summed E-state index contributed by atoms with van der Waals surface area (Å²) in [4.78, 5) is 22.3. The van der Waals surface area contributed by atoms with Crippen molar-refractivity contribution in [2.24, 2.45) is 11.6 Å². The molecule has 2 aromatic carbocycles. The predicted octanol–water partition coefficient (Wildman–Crippen LogP) is 2.11. The SMILES string of the molecule is N/C(=C\N(N)c1ccc(NC=O)cc1)CCOC(=O)/C=C/c1ccc2c(c1)OCO2. The summed E-state index contributed by atoms with van der Waals surface area (Å²) < 4.78 is 15.7. The van der Waals surface area contributed by atoms with Crippen molar-refractivity contribution in [2.45, 2.75) is 6.42 Å². The number of ether oxygens (including phenoxy) is 3. The van der Waals surface area contributed by atoms with Crippen molar-refractivity contribution in [1.82, 2.24) is 0 Å². The third-order valence-electron chi connectivity index (χ3n) is 4.14. The van der Waals surface area contributed by atoms with Crippen LogP contribution in [-0.4, -0.2) is 25.8 Å². The number of nitrogens with zero attached hydrogens (tertiary/aromatic N) is 1. The van der Waals surface area contributed by atoms with Crippen LogP contribution in [0.3, 0.4) is 0 Å². The number of hydrogen-bond acceptors (Lipinski definition) is 8. The maximum absolute atomic E-state index is 11.9. The number of rotatable bonds is 9. The summed E-state index contributed by atoms with van der Waals surface area (Å²) in [5.41, 5.74) is 8.51. The molecule has 1 heterocycles. The fourth-order valence-corrected chi connectivity index (χ4v) is 2.61. The number of hydrogen-bond donors (Lipinski definition) is 3. The van der Waals surface area contributed by atoms with E-state index < -0.39 is 5.97 Å². The van der Waals surface area contributed by atoms with Crippen LogP contribution in [0.15, 0.2) is 60.4 Å². The van der Waals surface area contributed by atoms with Crippen LogP contribution in [0.25, 0.3) is 6.08 Å². The highest BCUT2D eigenvalue weighted by atomic mass is 16.7. The maximum atomic E-state index is 11.9. The molecule has 1 aliphatic heterocycles. The Kier molecular flexibility index (Phi) is 6.91. The van der Waals surface area contributed by atoms with Gasteiger partial charge in [0.15, 0.2) is 11.5 Å². The van der Waals surface area contributed by atoms with Gasteiger partial charge in [0, 0.05) is 30.1 Å². The molecule has 9 heteroatoms. The van der Waals surface area contributed by atoms with Crippen LogP contribution in [0.5, 0.6) is 11.5 Å². The molecule has 0 fully saturated rings. The molecule has 156 valence electrons. The number of benzene rings is 2. The molecule has 0 spiro atoms. The molecule has 2 aromatic rings. The van der Waals surface area contributed by atoms with Crippen LogP contribution in [0, 0.1) is 0 Å². The topological polar surface area (TPSA) is 129 Å². The summed E-state index contributed by atoms with van der Waals surface area (Å²) in [6.45, 7) is 0.311. The van der Waals surface area contributed by atoms with E-state index in [0.29, 0.717) is 41.4 Å². The van der Waals surface area contributed by atoms with E-state index in [1.54, 1.807) is 48.7 Å². The molecular weight excluding hydrogens is 388 g/mol. The Balaban J connectivity index is 1.44. The quantitative estimate of drug-likeness (QED) is 0.188. The molecule has 0 aromatic heterocycles. The predicted molar refractivity (Wildman–Crippen MR) is 112 cm³/mol. The lowest BCUT2D eigenvalue weighted by Crippen LogP contribution is -2.26. The number of carbonyl (C=O) groups is 2. The number of anilines is 2. The van der Waals surface area contributed by atoms with E-state index in [9.17, 15) is 9.59 Å². The summed E-state index contributed by atoms with van der Waals surface area (Å²) in [7, 11) is 0. The highest BCUT2D eigenvalue weighted by molar-refractivity contribution is 5.87. The first-order valence-electron chi connectivity index (χ1n) is 9.10. The third-order valence-corrected chi connectivity index (χ3v) is 4.14. The van der Waals surface area contributed by atoms with Crippen molar-refractivity contribution < 1.29 is 23.8 Å². The lowest BCUT2D eigenvalue weighted by molar-refractivity contribution is -0.137. The van der Waals surface area contributed by atoms with Crippen LogP contribution >= 0.6 is 0 Å². The van der Waals surface area contributed by atoms with E-state index in [1.165, 1.54) is 11.1 Å². The lowest BCUT2D eigenvalue weighted by Gasteiger charge is -2.15. The van der Waals surface area contributed by atoms with E-state index in [4.69, 9.17) is 25.8 Å². The molecule has 1 amide bonds. The number of nitrogens with one attached hydrogen (secondary N) is 1. The fourth-order valence-electron chi connectivity index (χ4n) is 2.61. The zero-order chi connectivity index (χ0) is 21.3. The van der Waals surface area contributed by atoms with Gasteiger partial charge in [-0.3, -0.25) is 9.80 Å². The molecule has 0 aliphatic carbocycles. The van der Waals surface area contributed by atoms with Gasteiger partial charge in [0.25, 0.3) is 0 Å². The van der Waals surface area contributed by atoms with Crippen LogP contribution in [0.4, 0.5) is 11.4 Å². The van der Waals surface area contributed by atoms with Crippen LogP contribution < -0.4 is 31.4 Å². The van der Waals surface area contributed by atoms with Gasteiger partial charge in [-0.05, 0) is 48.0 Å². The Labute approximate surface area is 173 Å². The lowest BCUT2D eigenvalue weighted by atomic mass is 10.2. The largest absolute Gasteiger partial charge is 0.462 e. The second-order valence-electron chi connectivity index (χ2n) is 6.28. The molecule has 1 aliphatic rings. The Morgan fingerprint density at radius 2 is 1.93 bits per heavy atom. The molecular formula is C21H22N4O5. The van der Waals surface area contributed by atoms with E-state index in [0.717, 1.165) is 5.56 Å². The van der Waals surface area contributed by atoms with Crippen molar-refractivity contribution in [3.05, 3.63) is 66.0 Å². The molecule has 0 unspecified atom stereocenters. The van der Waals surface area contributed by atoms with Crippen molar-refractivity contribution in [2.75, 3.05) is 23.7 Å². The van der Waals surface area contributed by atoms with Crippen LogP contribution in [-0.2, 0) is 14.3 Å². The van der Waals surface area contributed by atoms with E-state index >= 15 is 0 Å². The second kappa shape index (κ2) is 9.99. The standard InChI is InChI=1S/C21H22N4O5/c22-16(12-25(23)18-5-3-17(4-6-18)24-13-26)9-10-28-21(27)8-2-15-1-7-19-20(11-15)30-14-29-19/h1-8,11-13H,9-10,14,22-23H2,(H,24,26)/b8-2+,16-12-. The molecule has 9 nitrogen and oxygen atoms in total. The van der Waals surface area contributed by atoms with Gasteiger partial charge < -0.3 is 25.3 Å². The van der Waals surface area contributed by atoms with Crippen molar-refractivity contribution in [3.63, 3.8) is 0 Å². The first kappa shape index (κ1) is 20.7. The molecule has 0 bridgehead atoms. The molecule has 0 saturated heterocycles. The van der Waals surface area contributed by atoms with Crippen molar-refractivity contribution in [3.8, 4) is 11.5 Å². The van der Waals surface area contributed by atoms with Crippen molar-refractivity contribution >= 4 is 29.8 Å². The molecule has 5 N–H and O–H groups in total. The van der Waals surface area contributed by atoms with Gasteiger partial charge in [0.1, 0.15) is 0 Å². The average molecular weight is 410 g/mol. The fraction of sp³-hybridized carbons (Fsp3) is 0.143. The highest BCUT2D eigenvalue weighted by Crippen LogP contribution is 2.32. The number of nitrogens with two attached hydrogens (primary N) is 2. The van der Waals surface area contributed by atoms with E-state index in [-0.39, 0.29) is 13.4 Å². The van der Waals surface area contributed by atoms with E-state index in [2.05, 4.69) is 5.32 Å². The summed E-state index contributed by atoms with van der Waals surface area (Å²) >= 11 is 0. The van der Waals surface area contributed by atoms with Gasteiger partial charge in [-0.2, -0.15) is 0 Å². The minimum absolute atomic E-state index is 0.114. The minimum atomic E-state index is -0.483. The normalized spacial score (nSPS) is 12.6. The summed E-state index contributed by atoms with van der Waals surface area (Å²) in [6, 6.07) is 12.3. The maximum Gasteiger partial charge on any atom is 0.330 e. The number of amides is 1. The average Bonchev–Trinajstić information content (AvgIpc) is 3.21. The Hall–Kier alpha value is -3.98. The van der Waals surface area contributed by atoms with Gasteiger partial charge in [-0.25, -0.2) is 10.6 Å². The molecule has 30 heavy (non-hydrogen) atoms. The molecule has 0 atom stereocenters. The Bertz CT molecular complexity index is 956. The van der Waals surface area contributed by atoms with Crippen LogP contribution in [0.1, 0.15) is 12.0 Å². The monoisotopic (exact) mass is 410 g/mol. The zero-order valence-corrected chi connectivity index (χ0v) is 16.1. The van der Waals surface area contributed by atoms with Gasteiger partial charge in [0.05, 0.1) is 12.3 Å². The van der Waals surface area contributed by atoms with Gasteiger partial charge >= 0.3 is 5.97 Å². The first-order chi connectivity index (χ1) is 14.5. The van der Waals surface area contributed by atoms with Gasteiger partial charge in [-0.1, -0.05) is 6.07 Å². The van der Waals surface area contributed by atoms with Gasteiger partial charge in [0.2, 0.25) is 13.2 Å². The Morgan fingerprint density at radius 3 is 2.70 bits per heavy atom. The van der Waals surface area contributed by atoms with E-state index in [1.807, 2.05) is 6.07 Å². The van der Waals surface area contributed by atoms with Crippen LogP contribution in [0.2, 0.25) is 0 Å². The molecule has 0 saturated carbocycles. The summed E-state index contributed by atoms with van der Waals surface area (Å²) in [5, 5.41) is 3.89. The summed E-state index contributed by atoms with van der Waals surface area (Å²) in [6.07, 6.45) is 5.43. The third kappa shape index (κ3) is 5.76. The number of carbonyl (C=O) groups excluding carboxylic acids is 2. The highest BCUT2D eigenvalue weighted by Gasteiger charge is 2.12. The summed E-state index contributed by atoms with van der Waals surface area (Å²) in [5.74, 6) is 6.79. The molecule has 0 radical (unpaired) electrons. The molecule has 3 rings (SSSR count). The second-order valence-corrected chi connectivity index (χ2v) is 6.28. The number of esters is 1. The number of fused-ring (bicyclic) bond motifs is 1. The van der Waals surface area contributed by atoms with Crippen molar-refractivity contribution in [1.29, 1.82) is 0 Å². The smallest absolute Gasteiger partial charge is 0.330 e. The zero-order valence-electron chi connectivity index (χ0n) is 16.1. The number of hydrazine groups is 1. The Morgan fingerprint density at radius 1 is 1.17 bits per heavy atom. The van der Waals surface area contributed by atoms with Gasteiger partial charge in [-0.15, -0.1) is 0 Å². The first-order valence-corrected chi connectivity index (χ1v) is 9.10. The minimum Gasteiger partial charge on any atom is -0.462 e.